The predicted octanol–water partition coefficient (Wildman–Crippen LogP) is 0.214. The zero-order valence-corrected chi connectivity index (χ0v) is 11.7. The van der Waals surface area contributed by atoms with Gasteiger partial charge in [-0.2, -0.15) is 8.42 Å². The van der Waals surface area contributed by atoms with E-state index in [0.717, 1.165) is 6.42 Å². The summed E-state index contributed by atoms with van der Waals surface area (Å²) in [4.78, 5) is 3.86. The molecule has 1 rings (SSSR count). The lowest BCUT2D eigenvalue weighted by Crippen LogP contribution is -2.23. The molecule has 0 aliphatic carbocycles. The zero-order valence-electron chi connectivity index (χ0n) is 10.8. The van der Waals surface area contributed by atoms with Crippen molar-refractivity contribution in [3.05, 3.63) is 35.9 Å². The molecule has 0 atom stereocenters. The fraction of sp³-hybridized carbons (Fsp3) is 0.364. The summed E-state index contributed by atoms with van der Waals surface area (Å²) in [5, 5.41) is 0. The van der Waals surface area contributed by atoms with Crippen molar-refractivity contribution in [2.75, 3.05) is 13.2 Å². The topological polar surface area (TPSA) is 148 Å². The molecule has 0 bridgehead atoms. The summed E-state index contributed by atoms with van der Waals surface area (Å²) in [5.74, 6) is 0.137. The molecule has 9 heteroatoms. The monoisotopic (exact) mass is 305 g/mol. The van der Waals surface area contributed by atoms with Crippen LogP contribution in [0.2, 0.25) is 0 Å². The van der Waals surface area contributed by atoms with Crippen LogP contribution in [0.4, 0.5) is 0 Å². The van der Waals surface area contributed by atoms with Crippen LogP contribution in [-0.4, -0.2) is 36.6 Å². The van der Waals surface area contributed by atoms with Gasteiger partial charge in [-0.25, -0.2) is 0 Å². The van der Waals surface area contributed by atoms with Crippen molar-refractivity contribution in [1.82, 2.24) is 0 Å². The SMILES string of the molecule is NC(N)=NCCCOCc1ccccc1.O=S(=O)(O)O. The molecule has 0 radical (unpaired) electrons. The van der Waals surface area contributed by atoms with Gasteiger partial charge in [0.05, 0.1) is 6.61 Å². The summed E-state index contributed by atoms with van der Waals surface area (Å²) in [7, 11) is -4.67. The van der Waals surface area contributed by atoms with E-state index in [1.807, 2.05) is 30.3 Å². The molecule has 114 valence electrons. The van der Waals surface area contributed by atoms with E-state index in [1.165, 1.54) is 5.56 Å². The van der Waals surface area contributed by atoms with Crippen LogP contribution < -0.4 is 11.5 Å². The average Bonchev–Trinajstić information content (AvgIpc) is 2.32. The molecule has 0 amide bonds. The summed E-state index contributed by atoms with van der Waals surface area (Å²) in [6.07, 6.45) is 0.838. The molecule has 6 N–H and O–H groups in total. The van der Waals surface area contributed by atoms with Crippen LogP contribution >= 0.6 is 0 Å². The Labute approximate surface area is 118 Å². The van der Waals surface area contributed by atoms with Crippen molar-refractivity contribution in [3.8, 4) is 0 Å². The first kappa shape index (κ1) is 18.3. The van der Waals surface area contributed by atoms with Crippen molar-refractivity contribution in [1.29, 1.82) is 0 Å². The highest BCUT2D eigenvalue weighted by Gasteiger charge is 1.91. The number of guanidine groups is 1. The van der Waals surface area contributed by atoms with E-state index in [4.69, 9.17) is 33.7 Å². The average molecular weight is 305 g/mol. The van der Waals surface area contributed by atoms with E-state index >= 15 is 0 Å². The van der Waals surface area contributed by atoms with Gasteiger partial charge in [0.15, 0.2) is 5.96 Å². The molecule has 20 heavy (non-hydrogen) atoms. The Balaban J connectivity index is 0.000000621. The van der Waals surface area contributed by atoms with E-state index < -0.39 is 10.4 Å². The summed E-state index contributed by atoms with van der Waals surface area (Å²) >= 11 is 0. The number of benzene rings is 1. The molecule has 0 aliphatic rings. The van der Waals surface area contributed by atoms with Crippen molar-refractivity contribution >= 4 is 16.4 Å². The second-order valence-corrected chi connectivity index (χ2v) is 4.54. The zero-order chi connectivity index (χ0) is 15.4. The third-order valence-electron chi connectivity index (χ3n) is 1.85. The smallest absolute Gasteiger partial charge is 0.377 e. The van der Waals surface area contributed by atoms with Crippen LogP contribution in [0.5, 0.6) is 0 Å². The Kier molecular flexibility index (Phi) is 9.30. The molecule has 1 aromatic rings. The largest absolute Gasteiger partial charge is 0.394 e. The van der Waals surface area contributed by atoms with Gasteiger partial charge in [-0.1, -0.05) is 30.3 Å². The molecular weight excluding hydrogens is 286 g/mol. The van der Waals surface area contributed by atoms with Crippen LogP contribution in [-0.2, 0) is 21.7 Å². The van der Waals surface area contributed by atoms with Crippen molar-refractivity contribution in [3.63, 3.8) is 0 Å². The van der Waals surface area contributed by atoms with Gasteiger partial charge >= 0.3 is 10.4 Å². The minimum atomic E-state index is -4.67. The Morgan fingerprint density at radius 3 is 2.25 bits per heavy atom. The van der Waals surface area contributed by atoms with Crippen molar-refractivity contribution in [2.45, 2.75) is 13.0 Å². The van der Waals surface area contributed by atoms with Gasteiger partial charge in [-0.15, -0.1) is 0 Å². The van der Waals surface area contributed by atoms with E-state index in [1.54, 1.807) is 0 Å². The third kappa shape index (κ3) is 16.3. The lowest BCUT2D eigenvalue weighted by atomic mass is 10.2. The number of nitrogens with zero attached hydrogens (tertiary/aromatic N) is 1. The fourth-order valence-corrected chi connectivity index (χ4v) is 1.14. The molecule has 0 aromatic heterocycles. The number of hydrogen-bond donors (Lipinski definition) is 4. The highest BCUT2D eigenvalue weighted by molar-refractivity contribution is 7.79. The van der Waals surface area contributed by atoms with Crippen LogP contribution in [0.3, 0.4) is 0 Å². The van der Waals surface area contributed by atoms with Gasteiger partial charge in [0.1, 0.15) is 0 Å². The highest BCUT2D eigenvalue weighted by atomic mass is 32.3. The van der Waals surface area contributed by atoms with Gasteiger partial charge in [0, 0.05) is 13.2 Å². The Morgan fingerprint density at radius 1 is 1.20 bits per heavy atom. The van der Waals surface area contributed by atoms with Crippen molar-refractivity contribution in [2.24, 2.45) is 16.5 Å². The number of aliphatic imine (C=N–C) groups is 1. The number of nitrogens with two attached hydrogens (primary N) is 2. The molecule has 0 saturated heterocycles. The second-order valence-electron chi connectivity index (χ2n) is 3.65. The second kappa shape index (κ2) is 10.1. The molecular formula is C11H19N3O5S. The summed E-state index contributed by atoms with van der Waals surface area (Å²) in [6.45, 7) is 1.94. The first-order valence-corrected chi connectivity index (χ1v) is 7.05. The molecule has 0 saturated carbocycles. The molecule has 0 aliphatic heterocycles. The molecule has 0 fully saturated rings. The van der Waals surface area contributed by atoms with E-state index in [2.05, 4.69) is 4.99 Å². The van der Waals surface area contributed by atoms with Crippen molar-refractivity contribution < 1.29 is 22.3 Å². The van der Waals surface area contributed by atoms with E-state index in [-0.39, 0.29) is 5.96 Å². The lowest BCUT2D eigenvalue weighted by Gasteiger charge is -2.02. The number of ether oxygens (including phenoxy) is 1. The first-order valence-electron chi connectivity index (χ1n) is 5.66. The fourth-order valence-electron chi connectivity index (χ4n) is 1.14. The van der Waals surface area contributed by atoms with Crippen LogP contribution in [0, 0.1) is 0 Å². The molecule has 0 heterocycles. The minimum Gasteiger partial charge on any atom is -0.377 e. The van der Waals surface area contributed by atoms with Gasteiger partial charge < -0.3 is 16.2 Å². The normalized spacial score (nSPS) is 10.3. The quantitative estimate of drug-likeness (QED) is 0.254. The van der Waals surface area contributed by atoms with E-state index in [9.17, 15) is 0 Å². The maximum Gasteiger partial charge on any atom is 0.394 e. The highest BCUT2D eigenvalue weighted by Crippen LogP contribution is 2.00. The first-order chi connectivity index (χ1) is 9.29. The lowest BCUT2D eigenvalue weighted by molar-refractivity contribution is 0.120. The number of hydrogen-bond acceptors (Lipinski definition) is 4. The Hall–Kier alpha value is -1.68. The minimum absolute atomic E-state index is 0.137. The van der Waals surface area contributed by atoms with Crippen LogP contribution in [0.25, 0.3) is 0 Å². The molecule has 0 unspecified atom stereocenters. The van der Waals surface area contributed by atoms with Crippen LogP contribution in [0.1, 0.15) is 12.0 Å². The third-order valence-corrected chi connectivity index (χ3v) is 1.85. The number of rotatable bonds is 6. The van der Waals surface area contributed by atoms with Gasteiger partial charge in [0.2, 0.25) is 0 Å². The van der Waals surface area contributed by atoms with Gasteiger partial charge in [-0.05, 0) is 12.0 Å². The standard InChI is InChI=1S/C11H17N3O.H2O4S/c12-11(13)14-7-4-8-15-9-10-5-2-1-3-6-10;1-5(2,3)4/h1-3,5-6H,4,7-9H2,(H4,12,13,14);(H2,1,2,3,4). The molecule has 0 spiro atoms. The predicted molar refractivity (Wildman–Crippen MR) is 75.6 cm³/mol. The molecule has 8 nitrogen and oxygen atoms in total. The molecule has 1 aromatic carbocycles. The summed E-state index contributed by atoms with van der Waals surface area (Å²) < 4.78 is 37.0. The van der Waals surface area contributed by atoms with Gasteiger partial charge in [0.25, 0.3) is 0 Å². The summed E-state index contributed by atoms with van der Waals surface area (Å²) in [6, 6.07) is 10.1. The summed E-state index contributed by atoms with van der Waals surface area (Å²) in [5.41, 5.74) is 11.6. The van der Waals surface area contributed by atoms with Gasteiger partial charge in [-0.3, -0.25) is 14.1 Å². The van der Waals surface area contributed by atoms with Crippen LogP contribution in [0.15, 0.2) is 35.3 Å². The van der Waals surface area contributed by atoms with E-state index in [0.29, 0.717) is 19.8 Å². The Bertz CT molecular complexity index is 478. The maximum absolute atomic E-state index is 8.74. The maximum atomic E-state index is 8.74. The Morgan fingerprint density at radius 2 is 1.75 bits per heavy atom.